The van der Waals surface area contributed by atoms with Crippen LogP contribution in [0.4, 0.5) is 0 Å². The molecule has 0 aromatic heterocycles. The lowest BCUT2D eigenvalue weighted by atomic mass is 10.1. The zero-order valence-electron chi connectivity index (χ0n) is 22.4. The molecule has 39 heavy (non-hydrogen) atoms. The second-order valence-corrected chi connectivity index (χ2v) is 9.75. The maximum Gasteiger partial charge on any atom is 0.269 e. The lowest BCUT2D eigenvalue weighted by Crippen LogP contribution is -2.43. The first-order valence-corrected chi connectivity index (χ1v) is 13.9. The molecule has 3 aromatic carbocycles. The predicted molar refractivity (Wildman–Crippen MR) is 159 cm³/mol. The standard InChI is InChI=1S/C31H36BrN3O4/c1-3-35(4-2)18-19-39-27-17-11-16-25(21-27)28(32)29(34-30(37)24-14-9-6-10-15-24)31(38)33-26(22-36)20-23-12-7-5-8-13-23/h5-17,21,26,36H,3-4,18-20,22H2,1-2H3,(H,33,38)(H,34,37)/b29-28-/t26-/m0/s1. The van der Waals surface area contributed by atoms with E-state index in [2.05, 4.69) is 45.3 Å². The number of benzene rings is 3. The third kappa shape index (κ3) is 9.35. The topological polar surface area (TPSA) is 90.9 Å². The van der Waals surface area contributed by atoms with E-state index in [1.165, 1.54) is 0 Å². The van der Waals surface area contributed by atoms with Gasteiger partial charge in [0.2, 0.25) is 0 Å². The van der Waals surface area contributed by atoms with Crippen LogP contribution < -0.4 is 15.4 Å². The summed E-state index contributed by atoms with van der Waals surface area (Å²) in [6.07, 6.45) is 0.441. The van der Waals surface area contributed by atoms with Crippen molar-refractivity contribution in [2.24, 2.45) is 0 Å². The van der Waals surface area contributed by atoms with E-state index in [1.54, 1.807) is 24.3 Å². The van der Waals surface area contributed by atoms with Gasteiger partial charge in [-0.15, -0.1) is 0 Å². The molecule has 1 atom stereocenters. The molecular weight excluding hydrogens is 558 g/mol. The smallest absolute Gasteiger partial charge is 0.269 e. The van der Waals surface area contributed by atoms with E-state index in [1.807, 2.05) is 60.7 Å². The minimum atomic E-state index is -0.543. The molecule has 0 spiro atoms. The van der Waals surface area contributed by atoms with Gasteiger partial charge in [-0.25, -0.2) is 0 Å². The molecule has 0 fully saturated rings. The van der Waals surface area contributed by atoms with Crippen LogP contribution in [-0.2, 0) is 11.2 Å². The number of carbonyl (C=O) groups is 2. The first-order valence-electron chi connectivity index (χ1n) is 13.1. The first-order chi connectivity index (χ1) is 18.9. The summed E-state index contributed by atoms with van der Waals surface area (Å²) in [6, 6.07) is 25.1. The number of amides is 2. The fourth-order valence-corrected chi connectivity index (χ4v) is 4.53. The highest BCUT2D eigenvalue weighted by Gasteiger charge is 2.22. The number of likely N-dealkylation sites (N-methyl/N-ethyl adjacent to an activating group) is 1. The molecule has 2 amide bonds. The fourth-order valence-electron chi connectivity index (χ4n) is 4.00. The molecule has 0 aliphatic rings. The molecule has 3 aromatic rings. The largest absolute Gasteiger partial charge is 0.492 e. The maximum absolute atomic E-state index is 13.5. The molecule has 7 nitrogen and oxygen atoms in total. The number of hydrogen-bond donors (Lipinski definition) is 3. The Morgan fingerprint density at radius 1 is 0.923 bits per heavy atom. The maximum atomic E-state index is 13.5. The Morgan fingerprint density at radius 2 is 1.56 bits per heavy atom. The van der Waals surface area contributed by atoms with Crippen molar-refractivity contribution in [2.45, 2.75) is 26.3 Å². The number of hydrogen-bond acceptors (Lipinski definition) is 5. The lowest BCUT2D eigenvalue weighted by molar-refractivity contribution is -0.118. The van der Waals surface area contributed by atoms with Gasteiger partial charge in [0.05, 0.1) is 17.1 Å². The van der Waals surface area contributed by atoms with Crippen LogP contribution in [0.3, 0.4) is 0 Å². The van der Waals surface area contributed by atoms with E-state index in [4.69, 9.17) is 4.74 Å². The first kappa shape index (κ1) is 30.1. The normalized spacial score (nSPS) is 12.4. The molecule has 206 valence electrons. The molecular formula is C31H36BrN3O4. The number of carbonyl (C=O) groups excluding carboxylic acids is 2. The molecule has 0 saturated heterocycles. The van der Waals surface area contributed by atoms with Gasteiger partial charge in [0.15, 0.2) is 0 Å². The van der Waals surface area contributed by atoms with E-state index in [0.717, 1.165) is 25.2 Å². The zero-order chi connectivity index (χ0) is 28.0. The number of halogens is 1. The minimum absolute atomic E-state index is 0.0376. The van der Waals surface area contributed by atoms with Crippen molar-refractivity contribution in [3.05, 3.63) is 107 Å². The van der Waals surface area contributed by atoms with Crippen LogP contribution >= 0.6 is 15.9 Å². The van der Waals surface area contributed by atoms with Crippen LogP contribution in [0.2, 0.25) is 0 Å². The van der Waals surface area contributed by atoms with Crippen LogP contribution in [0.25, 0.3) is 4.48 Å². The molecule has 0 saturated carbocycles. The van der Waals surface area contributed by atoms with E-state index in [9.17, 15) is 14.7 Å². The Hall–Kier alpha value is -3.46. The van der Waals surface area contributed by atoms with Crippen molar-refractivity contribution >= 4 is 32.2 Å². The van der Waals surface area contributed by atoms with Gasteiger partial charge in [0.25, 0.3) is 11.8 Å². The van der Waals surface area contributed by atoms with Crippen molar-refractivity contribution < 1.29 is 19.4 Å². The Labute approximate surface area is 239 Å². The average molecular weight is 595 g/mol. The Morgan fingerprint density at radius 3 is 2.21 bits per heavy atom. The SMILES string of the molecule is CCN(CC)CCOc1cccc(/C(Br)=C(/NC(=O)c2ccccc2)C(=O)N[C@H](CO)Cc2ccccc2)c1. The highest BCUT2D eigenvalue weighted by atomic mass is 79.9. The summed E-state index contributed by atoms with van der Waals surface area (Å²) in [6.45, 7) is 7.21. The molecule has 0 aliphatic carbocycles. The van der Waals surface area contributed by atoms with Crippen LogP contribution in [0.1, 0.15) is 35.3 Å². The molecule has 0 bridgehead atoms. The summed E-state index contributed by atoms with van der Waals surface area (Å²) in [5.74, 6) is -0.287. The van der Waals surface area contributed by atoms with Crippen LogP contribution in [-0.4, -0.2) is 60.7 Å². The lowest BCUT2D eigenvalue weighted by Gasteiger charge is -2.20. The molecule has 3 rings (SSSR count). The second kappa shape index (κ2) is 15.8. The summed E-state index contributed by atoms with van der Waals surface area (Å²) in [7, 11) is 0. The molecule has 0 radical (unpaired) electrons. The van der Waals surface area contributed by atoms with Crippen molar-refractivity contribution in [1.82, 2.24) is 15.5 Å². The number of nitrogens with one attached hydrogen (secondary N) is 2. The van der Waals surface area contributed by atoms with E-state index in [0.29, 0.717) is 34.4 Å². The number of ether oxygens (including phenoxy) is 1. The molecule has 0 aliphatic heterocycles. The predicted octanol–water partition coefficient (Wildman–Crippen LogP) is 4.62. The fraction of sp³-hybridized carbons (Fsp3) is 0.290. The van der Waals surface area contributed by atoms with Gasteiger partial charge < -0.3 is 25.4 Å². The summed E-state index contributed by atoms with van der Waals surface area (Å²) in [4.78, 5) is 28.8. The van der Waals surface area contributed by atoms with Gasteiger partial charge >= 0.3 is 0 Å². The van der Waals surface area contributed by atoms with E-state index < -0.39 is 17.9 Å². The van der Waals surface area contributed by atoms with Crippen molar-refractivity contribution in [3.63, 3.8) is 0 Å². The van der Waals surface area contributed by atoms with E-state index in [-0.39, 0.29) is 12.3 Å². The number of aliphatic hydroxyl groups excluding tert-OH is 1. The number of nitrogens with zero attached hydrogens (tertiary/aromatic N) is 1. The number of aliphatic hydroxyl groups is 1. The quantitative estimate of drug-likeness (QED) is 0.237. The van der Waals surface area contributed by atoms with Crippen LogP contribution in [0.5, 0.6) is 5.75 Å². The molecule has 0 unspecified atom stereocenters. The highest BCUT2D eigenvalue weighted by molar-refractivity contribution is 9.15. The zero-order valence-corrected chi connectivity index (χ0v) is 24.0. The molecule has 8 heteroatoms. The summed E-state index contributed by atoms with van der Waals surface area (Å²) in [5.41, 5.74) is 2.09. The summed E-state index contributed by atoms with van der Waals surface area (Å²) < 4.78 is 6.36. The monoisotopic (exact) mass is 593 g/mol. The second-order valence-electron chi connectivity index (χ2n) is 8.95. The van der Waals surface area contributed by atoms with Crippen molar-refractivity contribution in [2.75, 3.05) is 32.8 Å². The van der Waals surface area contributed by atoms with Gasteiger partial charge in [-0.1, -0.05) is 74.5 Å². The van der Waals surface area contributed by atoms with Gasteiger partial charge in [0, 0.05) is 12.1 Å². The Balaban J connectivity index is 1.86. The van der Waals surface area contributed by atoms with Gasteiger partial charge in [-0.2, -0.15) is 0 Å². The number of rotatable bonds is 14. The Bertz CT molecular complexity index is 1230. The average Bonchev–Trinajstić information content (AvgIpc) is 2.98. The van der Waals surface area contributed by atoms with Gasteiger partial charge in [0.1, 0.15) is 18.1 Å². The molecule has 0 heterocycles. The minimum Gasteiger partial charge on any atom is -0.492 e. The third-order valence-corrected chi connectivity index (χ3v) is 7.11. The summed E-state index contributed by atoms with van der Waals surface area (Å²) >= 11 is 3.56. The third-order valence-electron chi connectivity index (χ3n) is 6.26. The van der Waals surface area contributed by atoms with Crippen LogP contribution in [0, 0.1) is 0 Å². The van der Waals surface area contributed by atoms with Gasteiger partial charge in [-0.3, -0.25) is 9.59 Å². The van der Waals surface area contributed by atoms with Gasteiger partial charge in [-0.05, 0) is 70.8 Å². The van der Waals surface area contributed by atoms with Crippen molar-refractivity contribution in [1.29, 1.82) is 0 Å². The van der Waals surface area contributed by atoms with Crippen LogP contribution in [0.15, 0.2) is 90.6 Å². The van der Waals surface area contributed by atoms with E-state index >= 15 is 0 Å². The Kier molecular flexibility index (Phi) is 12.2. The highest BCUT2D eigenvalue weighted by Crippen LogP contribution is 2.28. The molecule has 3 N–H and O–H groups in total. The summed E-state index contributed by atoms with van der Waals surface area (Å²) in [5, 5.41) is 15.6. The van der Waals surface area contributed by atoms with Crippen molar-refractivity contribution in [3.8, 4) is 5.75 Å².